The third-order valence-electron chi connectivity index (χ3n) is 7.55. The molecule has 2 aliphatic heterocycles. The Morgan fingerprint density at radius 3 is 2.03 bits per heavy atom. The Hall–Kier alpha value is -0.680. The first-order chi connectivity index (χ1) is 18.4. The summed E-state index contributed by atoms with van der Waals surface area (Å²) in [6.45, 7) is -0.511. The quantitative estimate of drug-likeness (QED) is 0.109. The van der Waals surface area contributed by atoms with E-state index in [4.69, 9.17) is 41.9 Å². The van der Waals surface area contributed by atoms with Crippen LogP contribution in [0.3, 0.4) is 0 Å². The highest BCUT2D eigenvalue weighted by molar-refractivity contribution is 5.02. The maximum Gasteiger partial charge on any atom is 0.187 e. The van der Waals surface area contributed by atoms with Gasteiger partial charge in [0.1, 0.15) is 61.0 Å². The second-order valence-electron chi connectivity index (χ2n) is 10.4. The molecule has 0 spiro atoms. The summed E-state index contributed by atoms with van der Waals surface area (Å²) < 4.78 is 22.8. The zero-order chi connectivity index (χ0) is 29.0. The van der Waals surface area contributed by atoms with Crippen LogP contribution in [0.1, 0.15) is 12.8 Å². The van der Waals surface area contributed by atoms with E-state index in [-0.39, 0.29) is 26.1 Å². The number of rotatable bonds is 11. The van der Waals surface area contributed by atoms with E-state index >= 15 is 0 Å². The molecule has 0 aromatic carbocycles. The molecule has 0 bridgehead atoms. The van der Waals surface area contributed by atoms with Gasteiger partial charge in [-0.25, -0.2) is 0 Å². The summed E-state index contributed by atoms with van der Waals surface area (Å²) in [5.74, 6) is 0. The predicted octanol–water partition coefficient (Wildman–Crippen LogP) is -7.95. The molecule has 0 radical (unpaired) electrons. The standard InChI is InChI=1S/C22H45N5O12/c23-2-1-7(29)5-27-9-3-8(25)19(38-22-17(34)16(33)14(31)10(4-24)36-22)18(35)20(9)39-21-15(32)12(26)13(30)11(6-28)37-21/h7-22,27-35H,1-6,23-26H2/t7-,8-,9+,10+,11+,12-,13+,14+,15+,16-,17+,18-,19+,20-,21+,22+/m0/s1. The number of nitrogens with one attached hydrogen (secondary N) is 1. The Labute approximate surface area is 225 Å². The van der Waals surface area contributed by atoms with Crippen LogP contribution >= 0.6 is 0 Å². The van der Waals surface area contributed by atoms with Gasteiger partial charge in [-0.05, 0) is 19.4 Å². The number of aliphatic hydroxyl groups is 8. The van der Waals surface area contributed by atoms with E-state index < -0.39 is 104 Å². The van der Waals surface area contributed by atoms with Crippen molar-refractivity contribution in [1.82, 2.24) is 5.32 Å². The summed E-state index contributed by atoms with van der Waals surface area (Å²) in [4.78, 5) is 0. The van der Waals surface area contributed by atoms with Crippen molar-refractivity contribution in [1.29, 1.82) is 0 Å². The zero-order valence-corrected chi connectivity index (χ0v) is 21.5. The minimum absolute atomic E-state index is 0.0605. The van der Waals surface area contributed by atoms with Gasteiger partial charge < -0.3 is 88.1 Å². The number of ether oxygens (including phenoxy) is 4. The van der Waals surface area contributed by atoms with Crippen molar-refractivity contribution in [2.75, 3.05) is 26.2 Å². The zero-order valence-electron chi connectivity index (χ0n) is 21.5. The van der Waals surface area contributed by atoms with E-state index in [1.54, 1.807) is 0 Å². The van der Waals surface area contributed by atoms with Crippen molar-refractivity contribution in [3.63, 3.8) is 0 Å². The Bertz CT molecular complexity index is 744. The number of nitrogens with two attached hydrogens (primary N) is 4. The molecule has 1 aliphatic carbocycles. The summed E-state index contributed by atoms with van der Waals surface area (Å²) in [6.07, 6.45) is -17.4. The molecular formula is C22H45N5O12. The summed E-state index contributed by atoms with van der Waals surface area (Å²) >= 11 is 0. The lowest BCUT2D eigenvalue weighted by atomic mass is 9.83. The van der Waals surface area contributed by atoms with Gasteiger partial charge in [-0.15, -0.1) is 0 Å². The van der Waals surface area contributed by atoms with Crippen LogP contribution in [0.4, 0.5) is 0 Å². The molecule has 16 atom stereocenters. The van der Waals surface area contributed by atoms with Gasteiger partial charge in [0.05, 0.1) is 18.8 Å². The Kier molecular flexibility index (Phi) is 12.2. The van der Waals surface area contributed by atoms with Gasteiger partial charge in [-0.2, -0.15) is 0 Å². The smallest absolute Gasteiger partial charge is 0.187 e. The van der Waals surface area contributed by atoms with Crippen molar-refractivity contribution >= 4 is 0 Å². The molecule has 17 nitrogen and oxygen atoms in total. The van der Waals surface area contributed by atoms with Gasteiger partial charge in [0.25, 0.3) is 0 Å². The molecule has 2 heterocycles. The van der Waals surface area contributed by atoms with Crippen LogP contribution in [-0.4, -0.2) is 165 Å². The molecule has 0 amide bonds. The largest absolute Gasteiger partial charge is 0.394 e. The monoisotopic (exact) mass is 571 g/mol. The number of hydrogen-bond acceptors (Lipinski definition) is 17. The fraction of sp³-hybridized carbons (Fsp3) is 1.00. The molecule has 3 aliphatic rings. The summed E-state index contributed by atoms with van der Waals surface area (Å²) in [5.41, 5.74) is 23.3. The highest BCUT2D eigenvalue weighted by Gasteiger charge is 2.52. The minimum Gasteiger partial charge on any atom is -0.394 e. The third kappa shape index (κ3) is 7.40. The minimum atomic E-state index is -1.70. The molecule has 39 heavy (non-hydrogen) atoms. The van der Waals surface area contributed by atoms with Gasteiger partial charge >= 0.3 is 0 Å². The fourth-order valence-electron chi connectivity index (χ4n) is 5.14. The molecule has 17 N–H and O–H groups in total. The highest BCUT2D eigenvalue weighted by Crippen LogP contribution is 2.32. The van der Waals surface area contributed by atoms with Crippen molar-refractivity contribution < 1.29 is 59.8 Å². The van der Waals surface area contributed by atoms with Crippen molar-refractivity contribution in [3.05, 3.63) is 0 Å². The van der Waals surface area contributed by atoms with Gasteiger partial charge in [0.2, 0.25) is 0 Å². The molecule has 230 valence electrons. The van der Waals surface area contributed by atoms with Gasteiger partial charge in [0.15, 0.2) is 12.6 Å². The van der Waals surface area contributed by atoms with E-state index in [0.717, 1.165) is 0 Å². The van der Waals surface area contributed by atoms with E-state index in [1.807, 2.05) is 0 Å². The van der Waals surface area contributed by atoms with Crippen LogP contribution in [0.5, 0.6) is 0 Å². The van der Waals surface area contributed by atoms with Crippen molar-refractivity contribution in [3.8, 4) is 0 Å². The predicted molar refractivity (Wildman–Crippen MR) is 131 cm³/mol. The first kappa shape index (κ1) is 32.8. The van der Waals surface area contributed by atoms with Gasteiger partial charge in [-0.3, -0.25) is 0 Å². The van der Waals surface area contributed by atoms with Gasteiger partial charge in [-0.1, -0.05) is 0 Å². The van der Waals surface area contributed by atoms with Crippen LogP contribution in [0, 0.1) is 0 Å². The molecule has 3 fully saturated rings. The number of aliphatic hydroxyl groups excluding tert-OH is 8. The molecule has 0 unspecified atom stereocenters. The van der Waals surface area contributed by atoms with E-state index in [0.29, 0.717) is 6.42 Å². The molecule has 1 saturated carbocycles. The molecule has 17 heteroatoms. The average molecular weight is 572 g/mol. The van der Waals surface area contributed by atoms with Crippen LogP contribution in [0.15, 0.2) is 0 Å². The number of hydrogen-bond donors (Lipinski definition) is 13. The first-order valence-electron chi connectivity index (χ1n) is 13.1. The molecular weight excluding hydrogens is 526 g/mol. The van der Waals surface area contributed by atoms with Crippen LogP contribution in [0.25, 0.3) is 0 Å². The van der Waals surface area contributed by atoms with E-state index in [2.05, 4.69) is 5.32 Å². The van der Waals surface area contributed by atoms with Crippen molar-refractivity contribution in [2.45, 2.75) is 111 Å². The topological polar surface area (TPSA) is 315 Å². The van der Waals surface area contributed by atoms with Gasteiger partial charge in [0, 0.05) is 25.2 Å². The Morgan fingerprint density at radius 2 is 1.41 bits per heavy atom. The second kappa shape index (κ2) is 14.5. The first-order valence-corrected chi connectivity index (χ1v) is 13.1. The second-order valence-corrected chi connectivity index (χ2v) is 10.4. The summed E-state index contributed by atoms with van der Waals surface area (Å²) in [5, 5.41) is 85.6. The Morgan fingerprint density at radius 1 is 0.795 bits per heavy atom. The van der Waals surface area contributed by atoms with Crippen LogP contribution in [0.2, 0.25) is 0 Å². The average Bonchev–Trinajstić information content (AvgIpc) is 2.91. The molecule has 3 rings (SSSR count). The van der Waals surface area contributed by atoms with E-state index in [1.165, 1.54) is 0 Å². The molecule has 2 saturated heterocycles. The third-order valence-corrected chi connectivity index (χ3v) is 7.55. The van der Waals surface area contributed by atoms with E-state index in [9.17, 15) is 40.9 Å². The Balaban J connectivity index is 1.81. The lowest BCUT2D eigenvalue weighted by Gasteiger charge is -2.49. The highest BCUT2D eigenvalue weighted by atomic mass is 16.7. The summed E-state index contributed by atoms with van der Waals surface area (Å²) in [7, 11) is 0. The maximum atomic E-state index is 11.4. The SMILES string of the molecule is NCC[C@H](O)CN[C@@H]1C[C@H](N)[C@@H](O[C@H]2O[C@H](CN)[C@@H](O)[C@H](O)[C@H]2O)[C@H](O)[C@H]1O[C@H]1O[C@H](CO)[C@@H](O)[C@H](N)[C@H]1O. The normalized spacial score (nSPS) is 48.2. The molecule has 0 aromatic rings. The van der Waals surface area contributed by atoms with Crippen LogP contribution < -0.4 is 28.3 Å². The fourth-order valence-corrected chi connectivity index (χ4v) is 5.14. The van der Waals surface area contributed by atoms with Crippen molar-refractivity contribution in [2.24, 2.45) is 22.9 Å². The lowest BCUT2D eigenvalue weighted by molar-refractivity contribution is -0.332. The maximum absolute atomic E-state index is 11.4. The summed E-state index contributed by atoms with van der Waals surface area (Å²) in [6, 6.07) is -2.85. The van der Waals surface area contributed by atoms with Crippen LogP contribution in [-0.2, 0) is 18.9 Å². The lowest BCUT2D eigenvalue weighted by Crippen LogP contribution is -2.69. The molecule has 0 aromatic heterocycles.